The molecule has 0 aliphatic rings. The Labute approximate surface area is 150 Å². The maximum Gasteiger partial charge on any atom is 0.223 e. The molecule has 25 heavy (non-hydrogen) atoms. The van der Waals surface area contributed by atoms with Crippen LogP contribution in [0.1, 0.15) is 12.1 Å². The zero-order valence-corrected chi connectivity index (χ0v) is 14.5. The number of carbonyl (C=O) groups is 1. The molecule has 0 aliphatic heterocycles. The van der Waals surface area contributed by atoms with Gasteiger partial charge in [0.15, 0.2) is 0 Å². The number of para-hydroxylation sites is 1. The normalized spacial score (nSPS) is 10.4. The van der Waals surface area contributed by atoms with Crippen LogP contribution in [-0.2, 0) is 11.2 Å². The van der Waals surface area contributed by atoms with E-state index in [1.165, 1.54) is 0 Å². The lowest BCUT2D eigenvalue weighted by Gasteiger charge is -2.06. The highest BCUT2D eigenvalue weighted by molar-refractivity contribution is 7.13. The fourth-order valence-electron chi connectivity index (χ4n) is 2.24. The molecule has 0 fully saturated rings. The molecule has 3 aromatic rings. The Kier molecular flexibility index (Phi) is 6.11. The molecule has 0 radical (unpaired) electrons. The molecule has 0 atom stereocenters. The number of carbonyl (C=O) groups excluding carboxylic acids is 1. The highest BCUT2D eigenvalue weighted by atomic mass is 32.1. The van der Waals surface area contributed by atoms with Crippen molar-refractivity contribution < 1.29 is 9.53 Å². The fourth-order valence-corrected chi connectivity index (χ4v) is 3.09. The standard InChI is InChI=1S/C19H19N3O2S/c23-18(9-12-24-17-6-2-1-3-7-17)21-11-8-16-14-25-19(22-16)15-5-4-10-20-13-15/h1-7,10,13-14H,8-9,11-12H2,(H,21,23). The van der Waals surface area contributed by atoms with Crippen LogP contribution in [0.15, 0.2) is 60.2 Å². The number of aromatic nitrogens is 2. The molecule has 0 unspecified atom stereocenters. The summed E-state index contributed by atoms with van der Waals surface area (Å²) in [7, 11) is 0. The quantitative estimate of drug-likeness (QED) is 0.675. The zero-order chi connectivity index (χ0) is 17.3. The summed E-state index contributed by atoms with van der Waals surface area (Å²) in [5, 5.41) is 5.87. The maximum atomic E-state index is 11.8. The number of amides is 1. The SMILES string of the molecule is O=C(CCOc1ccccc1)NCCc1csc(-c2cccnc2)n1. The second-order valence-electron chi connectivity index (χ2n) is 5.40. The number of thiazole rings is 1. The second-order valence-corrected chi connectivity index (χ2v) is 6.26. The van der Waals surface area contributed by atoms with Crippen LogP contribution in [0, 0.1) is 0 Å². The van der Waals surface area contributed by atoms with Crippen molar-refractivity contribution in [3.63, 3.8) is 0 Å². The average molecular weight is 353 g/mol. The minimum atomic E-state index is -0.0151. The van der Waals surface area contributed by atoms with Gasteiger partial charge in [0.25, 0.3) is 0 Å². The van der Waals surface area contributed by atoms with Gasteiger partial charge < -0.3 is 10.1 Å². The van der Waals surface area contributed by atoms with Crippen molar-refractivity contribution in [1.82, 2.24) is 15.3 Å². The second kappa shape index (κ2) is 8.94. The summed E-state index contributed by atoms with van der Waals surface area (Å²) < 4.78 is 5.52. The van der Waals surface area contributed by atoms with Crippen LogP contribution in [0.5, 0.6) is 5.75 Å². The van der Waals surface area contributed by atoms with Gasteiger partial charge in [-0.3, -0.25) is 9.78 Å². The summed E-state index contributed by atoms with van der Waals surface area (Å²) in [6, 6.07) is 13.4. The van der Waals surface area contributed by atoms with Crippen molar-refractivity contribution in [3.05, 3.63) is 65.9 Å². The summed E-state index contributed by atoms with van der Waals surface area (Å²) >= 11 is 1.59. The fraction of sp³-hybridized carbons (Fsp3) is 0.211. The Balaban J connectivity index is 1.36. The molecule has 0 spiro atoms. The number of pyridine rings is 1. The van der Waals surface area contributed by atoms with Crippen molar-refractivity contribution in [2.24, 2.45) is 0 Å². The van der Waals surface area contributed by atoms with Gasteiger partial charge in [-0.2, -0.15) is 0 Å². The molecule has 128 valence electrons. The predicted molar refractivity (Wildman–Crippen MR) is 98.6 cm³/mol. The number of benzene rings is 1. The molecule has 6 heteroatoms. The largest absolute Gasteiger partial charge is 0.493 e. The van der Waals surface area contributed by atoms with Crippen LogP contribution in [-0.4, -0.2) is 29.0 Å². The van der Waals surface area contributed by atoms with E-state index in [-0.39, 0.29) is 5.91 Å². The van der Waals surface area contributed by atoms with Gasteiger partial charge in [0.2, 0.25) is 5.91 Å². The van der Waals surface area contributed by atoms with Crippen molar-refractivity contribution in [2.75, 3.05) is 13.2 Å². The molecule has 5 nitrogen and oxygen atoms in total. The Morgan fingerprint density at radius 1 is 1.16 bits per heavy atom. The maximum absolute atomic E-state index is 11.8. The lowest BCUT2D eigenvalue weighted by molar-refractivity contribution is -0.121. The Hall–Kier alpha value is -2.73. The molecule has 0 saturated carbocycles. The molecule has 2 aromatic heterocycles. The molecule has 1 amide bonds. The van der Waals surface area contributed by atoms with Gasteiger partial charge in [0.05, 0.1) is 18.7 Å². The number of nitrogens with one attached hydrogen (secondary N) is 1. The summed E-state index contributed by atoms with van der Waals surface area (Å²) in [4.78, 5) is 20.5. The van der Waals surface area contributed by atoms with E-state index in [1.54, 1.807) is 23.7 Å². The minimum absolute atomic E-state index is 0.0151. The van der Waals surface area contributed by atoms with E-state index in [4.69, 9.17) is 4.74 Å². The van der Waals surface area contributed by atoms with E-state index >= 15 is 0 Å². The number of nitrogens with zero attached hydrogens (tertiary/aromatic N) is 2. The minimum Gasteiger partial charge on any atom is -0.493 e. The van der Waals surface area contributed by atoms with E-state index in [0.717, 1.165) is 22.0 Å². The van der Waals surface area contributed by atoms with Crippen molar-refractivity contribution in [1.29, 1.82) is 0 Å². The van der Waals surface area contributed by atoms with E-state index in [0.29, 0.717) is 26.0 Å². The molecule has 2 heterocycles. The lowest BCUT2D eigenvalue weighted by atomic mass is 10.3. The Morgan fingerprint density at radius 3 is 2.84 bits per heavy atom. The topological polar surface area (TPSA) is 64.1 Å². The first-order valence-electron chi connectivity index (χ1n) is 8.10. The Morgan fingerprint density at radius 2 is 2.04 bits per heavy atom. The summed E-state index contributed by atoms with van der Waals surface area (Å²) in [5.74, 6) is 0.763. The highest BCUT2D eigenvalue weighted by Gasteiger charge is 2.06. The molecule has 0 aliphatic carbocycles. The third-order valence-electron chi connectivity index (χ3n) is 3.50. The van der Waals surface area contributed by atoms with Crippen molar-refractivity contribution in [3.8, 4) is 16.3 Å². The molecule has 0 saturated heterocycles. The Bertz CT molecular complexity index is 791. The van der Waals surface area contributed by atoms with E-state index < -0.39 is 0 Å². The number of rotatable bonds is 8. The molecule has 1 N–H and O–H groups in total. The summed E-state index contributed by atoms with van der Waals surface area (Å²) in [6.45, 7) is 0.943. The van der Waals surface area contributed by atoms with E-state index in [9.17, 15) is 4.79 Å². The molecule has 3 rings (SSSR count). The van der Waals surface area contributed by atoms with Gasteiger partial charge in [0, 0.05) is 36.3 Å². The first-order chi connectivity index (χ1) is 12.3. The molecule has 0 bridgehead atoms. The van der Waals surface area contributed by atoms with Crippen molar-refractivity contribution in [2.45, 2.75) is 12.8 Å². The molecular weight excluding hydrogens is 334 g/mol. The first kappa shape index (κ1) is 17.1. The van der Waals surface area contributed by atoms with Gasteiger partial charge in [-0.05, 0) is 24.3 Å². The monoisotopic (exact) mass is 353 g/mol. The van der Waals surface area contributed by atoms with E-state index in [1.807, 2.05) is 47.8 Å². The molecular formula is C19H19N3O2S. The number of ether oxygens (including phenoxy) is 1. The van der Waals surface area contributed by atoms with Crippen LogP contribution in [0.3, 0.4) is 0 Å². The van der Waals surface area contributed by atoms with Crippen LogP contribution in [0.4, 0.5) is 0 Å². The smallest absolute Gasteiger partial charge is 0.223 e. The highest BCUT2D eigenvalue weighted by Crippen LogP contribution is 2.22. The van der Waals surface area contributed by atoms with Crippen LogP contribution < -0.4 is 10.1 Å². The van der Waals surface area contributed by atoms with Gasteiger partial charge in [0.1, 0.15) is 10.8 Å². The predicted octanol–water partition coefficient (Wildman–Crippen LogP) is 3.33. The van der Waals surface area contributed by atoms with Gasteiger partial charge in [-0.15, -0.1) is 11.3 Å². The first-order valence-corrected chi connectivity index (χ1v) is 8.98. The van der Waals surface area contributed by atoms with Gasteiger partial charge in [-0.25, -0.2) is 4.98 Å². The number of hydrogen-bond acceptors (Lipinski definition) is 5. The van der Waals surface area contributed by atoms with Crippen LogP contribution >= 0.6 is 11.3 Å². The van der Waals surface area contributed by atoms with Crippen molar-refractivity contribution >= 4 is 17.2 Å². The average Bonchev–Trinajstić information content (AvgIpc) is 3.12. The third kappa shape index (κ3) is 5.39. The van der Waals surface area contributed by atoms with Crippen LogP contribution in [0.25, 0.3) is 10.6 Å². The molecule has 1 aromatic carbocycles. The third-order valence-corrected chi connectivity index (χ3v) is 4.44. The van der Waals surface area contributed by atoms with Gasteiger partial charge >= 0.3 is 0 Å². The summed E-state index contributed by atoms with van der Waals surface area (Å²) in [5.41, 5.74) is 1.99. The zero-order valence-electron chi connectivity index (χ0n) is 13.7. The van der Waals surface area contributed by atoms with Gasteiger partial charge in [-0.1, -0.05) is 18.2 Å². The number of hydrogen-bond donors (Lipinski definition) is 1. The lowest BCUT2D eigenvalue weighted by Crippen LogP contribution is -2.27. The van der Waals surface area contributed by atoms with E-state index in [2.05, 4.69) is 15.3 Å². The summed E-state index contributed by atoms with van der Waals surface area (Å²) in [6.07, 6.45) is 4.60. The van der Waals surface area contributed by atoms with Crippen LogP contribution in [0.2, 0.25) is 0 Å².